The molecule has 24 heavy (non-hydrogen) atoms. The van der Waals surface area contributed by atoms with E-state index in [1.54, 1.807) is 11.1 Å². The maximum absolute atomic E-state index is 12.8. The van der Waals surface area contributed by atoms with Crippen LogP contribution in [0.5, 0.6) is 0 Å². The van der Waals surface area contributed by atoms with E-state index in [1.165, 1.54) is 0 Å². The van der Waals surface area contributed by atoms with Crippen LogP contribution in [0.1, 0.15) is 22.8 Å². The van der Waals surface area contributed by atoms with Crippen LogP contribution in [0.25, 0.3) is 11.1 Å². The van der Waals surface area contributed by atoms with Gasteiger partial charge in [0, 0.05) is 24.5 Å². The van der Waals surface area contributed by atoms with E-state index in [0.29, 0.717) is 18.7 Å². The summed E-state index contributed by atoms with van der Waals surface area (Å²) in [4.78, 5) is 18.6. The van der Waals surface area contributed by atoms with Gasteiger partial charge in [-0.2, -0.15) is 0 Å². The molecule has 2 heterocycles. The second kappa shape index (κ2) is 7.11. The summed E-state index contributed by atoms with van der Waals surface area (Å²) in [5.41, 5.74) is 3.87. The molecule has 1 aromatic carbocycles. The zero-order valence-corrected chi connectivity index (χ0v) is 14.0. The van der Waals surface area contributed by atoms with Crippen LogP contribution in [0.3, 0.4) is 0 Å². The Labute approximate surface area is 141 Å². The van der Waals surface area contributed by atoms with Crippen molar-refractivity contribution in [3.63, 3.8) is 0 Å². The molecule has 3 rings (SSSR count). The SMILES string of the molecule is CCN(C(=O)c1ccc(-c2ccncc2C)cc1)[C@H]1COC[C@@H]1O. The van der Waals surface area contributed by atoms with Gasteiger partial charge in [0.2, 0.25) is 0 Å². The van der Waals surface area contributed by atoms with E-state index >= 15 is 0 Å². The molecule has 5 nitrogen and oxygen atoms in total. The predicted octanol–water partition coefficient (Wildman–Crippen LogP) is 2.28. The van der Waals surface area contributed by atoms with Crippen molar-refractivity contribution in [2.75, 3.05) is 19.8 Å². The van der Waals surface area contributed by atoms with Gasteiger partial charge in [-0.25, -0.2) is 0 Å². The fourth-order valence-electron chi connectivity index (χ4n) is 3.11. The first-order valence-corrected chi connectivity index (χ1v) is 8.19. The molecule has 1 saturated heterocycles. The van der Waals surface area contributed by atoms with Crippen molar-refractivity contribution in [1.29, 1.82) is 0 Å². The number of aliphatic hydroxyl groups excluding tert-OH is 1. The van der Waals surface area contributed by atoms with E-state index in [-0.39, 0.29) is 18.6 Å². The molecular formula is C19H22N2O3. The first-order chi connectivity index (χ1) is 11.6. The highest BCUT2D eigenvalue weighted by Crippen LogP contribution is 2.24. The molecule has 1 fully saturated rings. The van der Waals surface area contributed by atoms with Crippen LogP contribution < -0.4 is 0 Å². The average Bonchev–Trinajstić information content (AvgIpc) is 3.02. The normalized spacial score (nSPS) is 20.1. The number of pyridine rings is 1. The minimum Gasteiger partial charge on any atom is -0.388 e. The summed E-state index contributed by atoms with van der Waals surface area (Å²) >= 11 is 0. The van der Waals surface area contributed by atoms with Gasteiger partial charge in [0.25, 0.3) is 5.91 Å². The summed E-state index contributed by atoms with van der Waals surface area (Å²) in [5.74, 6) is -0.0787. The highest BCUT2D eigenvalue weighted by Gasteiger charge is 2.34. The number of hydrogen-bond acceptors (Lipinski definition) is 4. The maximum Gasteiger partial charge on any atom is 0.254 e. The van der Waals surface area contributed by atoms with Gasteiger partial charge in [0.1, 0.15) is 0 Å². The first-order valence-electron chi connectivity index (χ1n) is 8.19. The van der Waals surface area contributed by atoms with Gasteiger partial charge in [-0.3, -0.25) is 9.78 Å². The zero-order chi connectivity index (χ0) is 17.1. The summed E-state index contributed by atoms with van der Waals surface area (Å²) in [5, 5.41) is 9.98. The third-order valence-electron chi connectivity index (χ3n) is 4.49. The van der Waals surface area contributed by atoms with E-state index in [4.69, 9.17) is 4.74 Å². The smallest absolute Gasteiger partial charge is 0.254 e. The fraction of sp³-hybridized carbons (Fsp3) is 0.368. The lowest BCUT2D eigenvalue weighted by molar-refractivity contribution is 0.0520. The molecule has 1 aliphatic heterocycles. The number of rotatable bonds is 4. The molecule has 1 aromatic heterocycles. The standard InChI is InChI=1S/C19H22N2O3/c1-3-21(17-11-24-12-18(17)22)19(23)15-6-4-14(5-7-15)16-8-9-20-10-13(16)2/h4-10,17-18,22H,3,11-12H2,1-2H3/t17-,18-/m0/s1. The van der Waals surface area contributed by atoms with Crippen molar-refractivity contribution in [2.24, 2.45) is 0 Å². The monoisotopic (exact) mass is 326 g/mol. The van der Waals surface area contributed by atoms with Crippen molar-refractivity contribution in [2.45, 2.75) is 26.0 Å². The Bertz CT molecular complexity index is 715. The number of ether oxygens (including phenoxy) is 1. The van der Waals surface area contributed by atoms with Gasteiger partial charge < -0.3 is 14.7 Å². The van der Waals surface area contributed by atoms with Gasteiger partial charge in [0.05, 0.1) is 25.4 Å². The van der Waals surface area contributed by atoms with E-state index in [1.807, 2.05) is 50.4 Å². The molecule has 2 aromatic rings. The largest absolute Gasteiger partial charge is 0.388 e. The topological polar surface area (TPSA) is 62.7 Å². The van der Waals surface area contributed by atoms with Crippen LogP contribution >= 0.6 is 0 Å². The van der Waals surface area contributed by atoms with E-state index in [2.05, 4.69) is 4.98 Å². The number of hydrogen-bond donors (Lipinski definition) is 1. The third-order valence-corrected chi connectivity index (χ3v) is 4.49. The molecule has 1 N–H and O–H groups in total. The number of aromatic nitrogens is 1. The molecule has 0 spiro atoms. The molecule has 1 amide bonds. The minimum absolute atomic E-state index is 0.0787. The highest BCUT2D eigenvalue weighted by molar-refractivity contribution is 5.95. The van der Waals surface area contributed by atoms with Gasteiger partial charge in [-0.1, -0.05) is 12.1 Å². The summed E-state index contributed by atoms with van der Waals surface area (Å²) < 4.78 is 5.28. The molecule has 0 unspecified atom stereocenters. The lowest BCUT2D eigenvalue weighted by Crippen LogP contribution is -2.46. The lowest BCUT2D eigenvalue weighted by atomic mass is 10.0. The molecule has 2 atom stereocenters. The van der Waals surface area contributed by atoms with Crippen molar-refractivity contribution >= 4 is 5.91 Å². The second-order valence-electron chi connectivity index (χ2n) is 6.03. The third kappa shape index (κ3) is 3.18. The summed E-state index contributed by atoms with van der Waals surface area (Å²) in [6, 6.07) is 9.27. The molecule has 126 valence electrons. The van der Waals surface area contributed by atoms with Crippen LogP contribution in [0.15, 0.2) is 42.7 Å². The van der Waals surface area contributed by atoms with Gasteiger partial charge in [-0.05, 0) is 48.7 Å². The molecular weight excluding hydrogens is 304 g/mol. The van der Waals surface area contributed by atoms with Crippen molar-refractivity contribution in [3.05, 3.63) is 53.9 Å². The average molecular weight is 326 g/mol. The Hall–Kier alpha value is -2.24. The van der Waals surface area contributed by atoms with E-state index < -0.39 is 6.10 Å². The van der Waals surface area contributed by atoms with E-state index in [9.17, 15) is 9.90 Å². The molecule has 1 aliphatic rings. The quantitative estimate of drug-likeness (QED) is 0.936. The lowest BCUT2D eigenvalue weighted by Gasteiger charge is -2.28. The van der Waals surface area contributed by atoms with E-state index in [0.717, 1.165) is 16.7 Å². The second-order valence-corrected chi connectivity index (χ2v) is 6.03. The van der Waals surface area contributed by atoms with Crippen molar-refractivity contribution in [3.8, 4) is 11.1 Å². The maximum atomic E-state index is 12.8. The predicted molar refractivity (Wildman–Crippen MR) is 91.7 cm³/mol. The Kier molecular flexibility index (Phi) is 4.92. The number of benzene rings is 1. The fourth-order valence-corrected chi connectivity index (χ4v) is 3.11. The number of nitrogens with zero attached hydrogens (tertiary/aromatic N) is 2. The Morgan fingerprint density at radius 3 is 2.62 bits per heavy atom. The number of carbonyl (C=O) groups excluding carboxylic acids is 1. The number of amides is 1. The van der Waals surface area contributed by atoms with Crippen LogP contribution in [0.4, 0.5) is 0 Å². The van der Waals surface area contributed by atoms with Crippen LogP contribution in [-0.4, -0.2) is 52.8 Å². The number of aryl methyl sites for hydroxylation is 1. The van der Waals surface area contributed by atoms with Gasteiger partial charge in [0.15, 0.2) is 0 Å². The van der Waals surface area contributed by atoms with Crippen molar-refractivity contribution in [1.82, 2.24) is 9.88 Å². The first kappa shape index (κ1) is 16.6. The Morgan fingerprint density at radius 2 is 2.04 bits per heavy atom. The Balaban J connectivity index is 1.82. The van der Waals surface area contributed by atoms with Crippen LogP contribution in [-0.2, 0) is 4.74 Å². The summed E-state index contributed by atoms with van der Waals surface area (Å²) in [6.45, 7) is 5.14. The number of carbonyl (C=O) groups is 1. The van der Waals surface area contributed by atoms with Crippen molar-refractivity contribution < 1.29 is 14.6 Å². The highest BCUT2D eigenvalue weighted by atomic mass is 16.5. The zero-order valence-electron chi connectivity index (χ0n) is 14.0. The molecule has 0 radical (unpaired) electrons. The van der Waals surface area contributed by atoms with Crippen LogP contribution in [0, 0.1) is 6.92 Å². The minimum atomic E-state index is -0.618. The molecule has 0 bridgehead atoms. The number of likely N-dealkylation sites (N-methyl/N-ethyl adjacent to an activating group) is 1. The molecule has 5 heteroatoms. The van der Waals surface area contributed by atoms with Gasteiger partial charge in [-0.15, -0.1) is 0 Å². The summed E-state index contributed by atoms with van der Waals surface area (Å²) in [6.07, 6.45) is 2.98. The Morgan fingerprint density at radius 1 is 1.29 bits per heavy atom. The number of aliphatic hydroxyl groups is 1. The molecule has 0 aliphatic carbocycles. The van der Waals surface area contributed by atoms with Gasteiger partial charge >= 0.3 is 0 Å². The van der Waals surface area contributed by atoms with Crippen LogP contribution in [0.2, 0.25) is 0 Å². The summed E-state index contributed by atoms with van der Waals surface area (Å²) in [7, 11) is 0. The molecule has 0 saturated carbocycles.